The van der Waals surface area contributed by atoms with Gasteiger partial charge in [0.05, 0.1) is 12.5 Å². The van der Waals surface area contributed by atoms with Gasteiger partial charge in [-0.25, -0.2) is 4.79 Å². The summed E-state index contributed by atoms with van der Waals surface area (Å²) in [7, 11) is 2.01. The first-order valence-electron chi connectivity index (χ1n) is 14.1. The molecule has 1 aromatic rings. The van der Waals surface area contributed by atoms with E-state index in [-0.39, 0.29) is 31.1 Å². The highest BCUT2D eigenvalue weighted by Gasteiger charge is 2.36. The number of hydrogen-bond donors (Lipinski definition) is 2. The maximum Gasteiger partial charge on any atom is 0.410 e. The summed E-state index contributed by atoms with van der Waals surface area (Å²) >= 11 is 0. The van der Waals surface area contributed by atoms with Crippen LogP contribution in [0.15, 0.2) is 60.3 Å². The molecule has 0 aliphatic carbocycles. The van der Waals surface area contributed by atoms with E-state index in [1.165, 1.54) is 0 Å². The fourth-order valence-electron chi connectivity index (χ4n) is 4.84. The topological polar surface area (TPSA) is 112 Å². The van der Waals surface area contributed by atoms with Crippen molar-refractivity contribution in [2.45, 2.75) is 76.8 Å². The maximum absolute atomic E-state index is 13.0. The lowest BCUT2D eigenvalue weighted by molar-refractivity contribution is -0.151. The summed E-state index contributed by atoms with van der Waals surface area (Å²) in [6.07, 6.45) is 8.23. The first kappa shape index (κ1) is 31.5. The van der Waals surface area contributed by atoms with E-state index in [2.05, 4.69) is 16.8 Å². The fraction of sp³-hybridized carbons (Fsp3) is 0.581. The van der Waals surface area contributed by atoms with Crippen molar-refractivity contribution in [3.8, 4) is 0 Å². The number of ether oxygens (including phenoxy) is 2. The molecule has 1 aromatic heterocycles. The van der Waals surface area contributed by atoms with Crippen LogP contribution in [-0.2, 0) is 14.3 Å². The first-order chi connectivity index (χ1) is 19.0. The normalized spacial score (nSPS) is 31.1. The van der Waals surface area contributed by atoms with Crippen LogP contribution < -0.4 is 0 Å². The van der Waals surface area contributed by atoms with Gasteiger partial charge >= 0.3 is 12.1 Å². The zero-order chi connectivity index (χ0) is 29.3. The Bertz CT molecular complexity index is 1060. The largest absolute Gasteiger partial charge is 0.457 e. The van der Waals surface area contributed by atoms with Gasteiger partial charge in [0.25, 0.3) is 0 Å². The van der Waals surface area contributed by atoms with Gasteiger partial charge in [0.15, 0.2) is 6.10 Å². The Labute approximate surface area is 238 Å². The molecule has 0 aromatic carbocycles. The minimum Gasteiger partial charge on any atom is -0.457 e. The van der Waals surface area contributed by atoms with E-state index < -0.39 is 36.0 Å². The molecule has 2 aliphatic heterocycles. The first-order valence-corrected chi connectivity index (χ1v) is 14.1. The molecule has 0 saturated carbocycles. The van der Waals surface area contributed by atoms with Gasteiger partial charge in [-0.15, -0.1) is 0 Å². The highest BCUT2D eigenvalue weighted by Crippen LogP contribution is 2.27. The molecule has 9 heteroatoms. The van der Waals surface area contributed by atoms with Crippen LogP contribution >= 0.6 is 0 Å². The number of allylic oxidation sites excluding steroid dienone is 3. The molecule has 1 saturated heterocycles. The number of nitrogens with zero attached hydrogens (tertiary/aromatic N) is 3. The van der Waals surface area contributed by atoms with Gasteiger partial charge in [-0.1, -0.05) is 44.2 Å². The molecule has 1 fully saturated rings. The Morgan fingerprint density at radius 3 is 2.65 bits per heavy atom. The van der Waals surface area contributed by atoms with E-state index in [1.54, 1.807) is 24.1 Å². The lowest BCUT2D eigenvalue weighted by Crippen LogP contribution is -2.50. The number of amides is 1. The molecular formula is C31H45N3O6. The average molecular weight is 556 g/mol. The number of cyclic esters (lactones) is 1. The average Bonchev–Trinajstić information content (AvgIpc) is 2.92. The van der Waals surface area contributed by atoms with E-state index in [0.29, 0.717) is 13.1 Å². The summed E-state index contributed by atoms with van der Waals surface area (Å²) in [5, 5.41) is 21.8. The van der Waals surface area contributed by atoms with Crippen molar-refractivity contribution in [1.29, 1.82) is 0 Å². The molecule has 2 aliphatic rings. The van der Waals surface area contributed by atoms with Crippen LogP contribution in [-0.4, -0.2) is 94.2 Å². The van der Waals surface area contributed by atoms with Crippen LogP contribution in [0.25, 0.3) is 0 Å². The number of aliphatic hydroxyl groups is 2. The molecule has 3 heterocycles. The minimum atomic E-state index is -1.44. The zero-order valence-corrected chi connectivity index (χ0v) is 24.4. The Kier molecular flexibility index (Phi) is 11.5. The molecule has 220 valence electrons. The Balaban J connectivity index is 1.81. The summed E-state index contributed by atoms with van der Waals surface area (Å²) in [5.41, 5.74) is 0.337. The third-order valence-corrected chi connectivity index (χ3v) is 7.68. The maximum atomic E-state index is 13.0. The smallest absolute Gasteiger partial charge is 0.410 e. The third-order valence-electron chi connectivity index (χ3n) is 7.68. The van der Waals surface area contributed by atoms with Gasteiger partial charge in [-0.2, -0.15) is 0 Å². The Morgan fingerprint density at radius 2 is 1.98 bits per heavy atom. The number of carbonyl (C=O) groups is 2. The number of pyridine rings is 1. The van der Waals surface area contributed by atoms with Crippen LogP contribution in [0.5, 0.6) is 0 Å². The van der Waals surface area contributed by atoms with Crippen LogP contribution in [0.1, 0.15) is 58.6 Å². The molecule has 1 amide bonds. The van der Waals surface area contributed by atoms with Crippen molar-refractivity contribution in [1.82, 2.24) is 14.8 Å². The number of aliphatic hydroxyl groups excluding tert-OH is 1. The summed E-state index contributed by atoms with van der Waals surface area (Å²) in [4.78, 5) is 33.9. The van der Waals surface area contributed by atoms with E-state index >= 15 is 0 Å². The second-order valence-electron chi connectivity index (χ2n) is 11.3. The van der Waals surface area contributed by atoms with Gasteiger partial charge in [0, 0.05) is 49.9 Å². The summed E-state index contributed by atoms with van der Waals surface area (Å²) in [6.45, 7) is 10.1. The lowest BCUT2D eigenvalue weighted by atomic mass is 9.88. The number of piperazine rings is 1. The molecule has 40 heavy (non-hydrogen) atoms. The van der Waals surface area contributed by atoms with Gasteiger partial charge < -0.3 is 29.5 Å². The minimum absolute atomic E-state index is 0.106. The standard InChI is InChI=1S/C31H45N3O6/c1-22(26-11-6-7-16-32-26)9-8-10-23(2)29-24(3)12-13-27(39-30(37)34-19-17-33(5)18-20-34)31(4,38)15-14-25(35)21-28(36)40-29/h6-13,16,22,24-25,27,29,35,38H,14-15,17-21H2,1-5H3/b9-8+,13-12+,23-10+/t22-,24+,25-,27?,29-,31-/m1/s1. The Morgan fingerprint density at radius 1 is 1.25 bits per heavy atom. The number of aromatic nitrogens is 1. The van der Waals surface area contributed by atoms with E-state index in [4.69, 9.17) is 9.47 Å². The summed E-state index contributed by atoms with van der Waals surface area (Å²) in [6, 6.07) is 5.80. The number of hydrogen-bond acceptors (Lipinski definition) is 8. The van der Waals surface area contributed by atoms with E-state index in [1.807, 2.05) is 63.4 Å². The number of esters is 1. The van der Waals surface area contributed by atoms with E-state index in [0.717, 1.165) is 24.4 Å². The number of likely N-dealkylation sites (N-methyl/N-ethyl adjacent to an activating group) is 1. The molecule has 9 nitrogen and oxygen atoms in total. The number of carbonyl (C=O) groups excluding carboxylic acids is 2. The van der Waals surface area contributed by atoms with Crippen LogP contribution in [0.3, 0.4) is 0 Å². The second kappa shape index (κ2) is 14.6. The zero-order valence-electron chi connectivity index (χ0n) is 24.4. The summed E-state index contributed by atoms with van der Waals surface area (Å²) in [5.74, 6) is -0.692. The molecule has 1 unspecified atom stereocenters. The van der Waals surface area contributed by atoms with E-state index in [9.17, 15) is 19.8 Å². The van der Waals surface area contributed by atoms with Crippen molar-refractivity contribution in [2.24, 2.45) is 5.92 Å². The predicted molar refractivity (Wildman–Crippen MR) is 154 cm³/mol. The predicted octanol–water partition coefficient (Wildman–Crippen LogP) is 3.84. The molecule has 0 bridgehead atoms. The molecule has 0 spiro atoms. The monoisotopic (exact) mass is 555 g/mol. The number of rotatable bonds is 5. The fourth-order valence-corrected chi connectivity index (χ4v) is 4.84. The van der Waals surface area contributed by atoms with Crippen LogP contribution in [0.2, 0.25) is 0 Å². The van der Waals surface area contributed by atoms with Crippen molar-refractivity contribution in [2.75, 3.05) is 33.2 Å². The lowest BCUT2D eigenvalue weighted by Gasteiger charge is -2.36. The molecule has 6 atom stereocenters. The molecule has 2 N–H and O–H groups in total. The van der Waals surface area contributed by atoms with Crippen molar-refractivity contribution < 1.29 is 29.3 Å². The van der Waals surface area contributed by atoms with Crippen molar-refractivity contribution in [3.05, 3.63) is 66.0 Å². The van der Waals surface area contributed by atoms with Crippen LogP contribution in [0, 0.1) is 5.92 Å². The van der Waals surface area contributed by atoms with Gasteiger partial charge in [-0.05, 0) is 57.5 Å². The van der Waals surface area contributed by atoms with Gasteiger partial charge in [-0.3, -0.25) is 9.78 Å². The quantitative estimate of drug-likeness (QED) is 0.320. The SMILES string of the molecule is C/C(=C\C=C\[C@@H](C)c1ccccn1)[C@H]1OC(=O)C[C@H](O)CC[C@@](C)(O)C(OC(=O)N2CCN(C)CC2)/C=C/[C@@H]1C. The van der Waals surface area contributed by atoms with Crippen LogP contribution in [0.4, 0.5) is 4.79 Å². The second-order valence-corrected chi connectivity index (χ2v) is 11.3. The van der Waals surface area contributed by atoms with Gasteiger partial charge in [0.2, 0.25) is 0 Å². The Hall–Kier alpha value is -3.01. The summed E-state index contributed by atoms with van der Waals surface area (Å²) < 4.78 is 11.7. The molecule has 0 radical (unpaired) electrons. The van der Waals surface area contributed by atoms with Gasteiger partial charge in [0.1, 0.15) is 11.7 Å². The molecular weight excluding hydrogens is 510 g/mol. The highest BCUT2D eigenvalue weighted by atomic mass is 16.6. The third kappa shape index (κ3) is 9.28. The highest BCUT2D eigenvalue weighted by molar-refractivity contribution is 5.70. The van der Waals surface area contributed by atoms with Crippen molar-refractivity contribution >= 4 is 12.1 Å². The molecule has 3 rings (SSSR count). The van der Waals surface area contributed by atoms with Crippen molar-refractivity contribution in [3.63, 3.8) is 0 Å².